The summed E-state index contributed by atoms with van der Waals surface area (Å²) in [7, 11) is 0. The van der Waals surface area contributed by atoms with Crippen LogP contribution < -0.4 is 10.0 Å². The first-order valence-electron chi connectivity index (χ1n) is 5.40. The van der Waals surface area contributed by atoms with Gasteiger partial charge in [-0.3, -0.25) is 0 Å². The summed E-state index contributed by atoms with van der Waals surface area (Å²) in [6, 6.07) is 15.5. The van der Waals surface area contributed by atoms with E-state index in [1.165, 1.54) is 5.31 Å². The van der Waals surface area contributed by atoms with Crippen molar-refractivity contribution in [2.75, 3.05) is 5.31 Å². The SMILES string of the molecule is [3H]N1Cc2ccccc2Oc2ccccc21. The Bertz CT molecular complexity index is 527. The Morgan fingerprint density at radius 1 is 1.00 bits per heavy atom. The monoisotopic (exact) mass is 199 g/mol. The Balaban J connectivity index is 2.15. The highest BCUT2D eigenvalue weighted by Gasteiger charge is 2.11. The summed E-state index contributed by atoms with van der Waals surface area (Å²) in [4.78, 5) is 0. The van der Waals surface area contributed by atoms with Gasteiger partial charge in [-0.25, -0.2) is 0 Å². The maximum Gasteiger partial charge on any atom is 0.161 e. The van der Waals surface area contributed by atoms with Gasteiger partial charge in [-0.05, 0) is 18.2 Å². The average Bonchev–Trinajstić information content (AvgIpc) is 2.45. The van der Waals surface area contributed by atoms with Gasteiger partial charge < -0.3 is 10.0 Å². The van der Waals surface area contributed by atoms with Gasteiger partial charge in [0.25, 0.3) is 0 Å². The molecule has 0 spiro atoms. The third-order valence-electron chi connectivity index (χ3n) is 2.48. The normalized spacial score (nSPS) is 14.4. The van der Waals surface area contributed by atoms with Gasteiger partial charge in [0.15, 0.2) is 7.16 Å². The molecule has 0 amide bonds. The zero-order valence-electron chi connectivity index (χ0n) is 9.18. The van der Waals surface area contributed by atoms with Gasteiger partial charge in [0.2, 0.25) is 0 Å². The number of rotatable bonds is 0. The predicted molar refractivity (Wildman–Crippen MR) is 60.3 cm³/mol. The molecule has 0 fully saturated rings. The highest BCUT2D eigenvalue weighted by atomic mass is 16.5. The molecule has 0 aromatic heterocycles. The van der Waals surface area contributed by atoms with E-state index >= 15 is 0 Å². The number of nitrogens with one attached hydrogen (secondary N) is 1. The smallest absolute Gasteiger partial charge is 0.161 e. The maximum atomic E-state index is 7.98. The quantitative estimate of drug-likeness (QED) is 0.702. The lowest BCUT2D eigenvalue weighted by Crippen LogP contribution is -1.96. The van der Waals surface area contributed by atoms with E-state index < -0.39 is 0 Å². The van der Waals surface area contributed by atoms with E-state index in [4.69, 9.17) is 6.15 Å². The fraction of sp³-hybridized carbons (Fsp3) is 0.0769. The van der Waals surface area contributed by atoms with Crippen molar-refractivity contribution in [1.82, 2.24) is 0 Å². The molecular weight excluding hydrogens is 186 g/mol. The molecule has 1 aliphatic heterocycles. The second kappa shape index (κ2) is 3.31. The van der Waals surface area contributed by atoms with E-state index in [-0.39, 0.29) is 0 Å². The topological polar surface area (TPSA) is 21.3 Å². The Labute approximate surface area is 90.0 Å². The van der Waals surface area contributed by atoms with Crippen LogP contribution in [0, 0.1) is 0 Å². The largest absolute Gasteiger partial charge is 0.455 e. The lowest BCUT2D eigenvalue weighted by molar-refractivity contribution is 0.484. The van der Waals surface area contributed by atoms with Crippen molar-refractivity contribution < 1.29 is 6.15 Å². The summed E-state index contributed by atoms with van der Waals surface area (Å²) in [6.45, 7) is 0.549. The van der Waals surface area contributed by atoms with Crippen LogP contribution in [0.2, 0.25) is 1.41 Å². The minimum atomic E-state index is 0.549. The predicted octanol–water partition coefficient (Wildman–Crippen LogP) is 3.40. The number of hydrogen-bond acceptors (Lipinski definition) is 2. The molecule has 0 radical (unpaired) electrons. The molecule has 2 nitrogen and oxygen atoms in total. The van der Waals surface area contributed by atoms with Gasteiger partial charge in [-0.2, -0.15) is 0 Å². The van der Waals surface area contributed by atoms with Crippen molar-refractivity contribution in [2.24, 2.45) is 0 Å². The fourth-order valence-corrected chi connectivity index (χ4v) is 1.70. The summed E-state index contributed by atoms with van der Waals surface area (Å²) in [5, 5.41) is 1.46. The van der Waals surface area contributed by atoms with Crippen LogP contribution in [-0.4, -0.2) is 0 Å². The zero-order chi connectivity index (χ0) is 11.0. The van der Waals surface area contributed by atoms with Crippen molar-refractivity contribution in [3.63, 3.8) is 0 Å². The minimum absolute atomic E-state index is 0.549. The van der Waals surface area contributed by atoms with Crippen LogP contribution in [-0.2, 0) is 6.54 Å². The molecule has 3 rings (SSSR count). The van der Waals surface area contributed by atoms with E-state index in [2.05, 4.69) is 0 Å². The molecule has 0 aliphatic carbocycles. The second-order valence-corrected chi connectivity index (χ2v) is 3.49. The van der Waals surface area contributed by atoms with E-state index in [0.717, 1.165) is 22.7 Å². The summed E-state index contributed by atoms with van der Waals surface area (Å²) in [5.74, 6) is 1.58. The average molecular weight is 199 g/mol. The van der Waals surface area contributed by atoms with Gasteiger partial charge in [0.1, 0.15) is 5.75 Å². The molecule has 1 N–H and O–H groups in total. The molecule has 2 aromatic rings. The molecule has 15 heavy (non-hydrogen) atoms. The molecule has 0 saturated carbocycles. The second-order valence-electron chi connectivity index (χ2n) is 3.49. The first kappa shape index (κ1) is 7.35. The van der Waals surface area contributed by atoms with Crippen molar-refractivity contribution in [1.29, 1.82) is 0 Å². The lowest BCUT2D eigenvalue weighted by atomic mass is 10.2. The number of hydrogen-bond donors (Lipinski definition) is 1. The fourth-order valence-electron chi connectivity index (χ4n) is 1.70. The Hall–Kier alpha value is -1.96. The van der Waals surface area contributed by atoms with E-state index in [0.29, 0.717) is 6.54 Å². The molecule has 1 heterocycles. The van der Waals surface area contributed by atoms with Crippen LogP contribution in [0.25, 0.3) is 0 Å². The Kier molecular flexibility index (Phi) is 1.62. The number of para-hydroxylation sites is 3. The molecule has 2 aromatic carbocycles. The minimum Gasteiger partial charge on any atom is -0.455 e. The summed E-state index contributed by atoms with van der Waals surface area (Å²) < 4.78 is 13.8. The van der Waals surface area contributed by atoms with E-state index in [1.54, 1.807) is 0 Å². The number of fused-ring (bicyclic) bond motifs is 2. The molecule has 0 bridgehead atoms. The number of anilines is 1. The molecule has 0 atom stereocenters. The van der Waals surface area contributed by atoms with Crippen molar-refractivity contribution in [2.45, 2.75) is 6.54 Å². The van der Waals surface area contributed by atoms with Crippen LogP contribution in [0.5, 0.6) is 11.5 Å². The number of benzene rings is 2. The highest BCUT2D eigenvalue weighted by molar-refractivity contribution is 5.60. The zero-order valence-corrected chi connectivity index (χ0v) is 8.18. The van der Waals surface area contributed by atoms with Gasteiger partial charge in [-0.1, -0.05) is 30.3 Å². The van der Waals surface area contributed by atoms with Crippen LogP contribution in [0.3, 0.4) is 0 Å². The third kappa shape index (κ3) is 1.44. The van der Waals surface area contributed by atoms with Crippen molar-refractivity contribution >= 4 is 5.69 Å². The van der Waals surface area contributed by atoms with Gasteiger partial charge in [-0.15, -0.1) is 0 Å². The van der Waals surface area contributed by atoms with E-state index in [1.807, 2.05) is 48.5 Å². The van der Waals surface area contributed by atoms with Crippen molar-refractivity contribution in [3.8, 4) is 11.5 Å². The lowest BCUT2D eigenvalue weighted by Gasteiger charge is -2.06. The first-order chi connectivity index (χ1) is 7.84. The summed E-state index contributed by atoms with van der Waals surface area (Å²) in [6.07, 6.45) is 0. The number of ether oxygens (including phenoxy) is 1. The first-order valence-corrected chi connectivity index (χ1v) is 4.96. The summed E-state index contributed by atoms with van der Waals surface area (Å²) >= 11 is 0. The van der Waals surface area contributed by atoms with Crippen LogP contribution in [0.15, 0.2) is 48.5 Å². The highest BCUT2D eigenvalue weighted by Crippen LogP contribution is 2.34. The summed E-state index contributed by atoms with van der Waals surface area (Å²) in [5.41, 5.74) is 1.84. The van der Waals surface area contributed by atoms with Gasteiger partial charge in [0, 0.05) is 12.1 Å². The third-order valence-corrected chi connectivity index (χ3v) is 2.48. The standard InChI is InChI=1S/C13H11NO/c1-3-7-12-10(5-1)9-14-11-6-2-4-8-13(11)15-12/h1-8,14H,9H2/i/hT. The van der Waals surface area contributed by atoms with Crippen molar-refractivity contribution in [3.05, 3.63) is 54.1 Å². The Morgan fingerprint density at radius 3 is 2.67 bits per heavy atom. The molecule has 0 saturated heterocycles. The maximum absolute atomic E-state index is 7.98. The molecule has 1 aliphatic rings. The molecule has 2 heteroatoms. The van der Waals surface area contributed by atoms with E-state index in [9.17, 15) is 0 Å². The van der Waals surface area contributed by atoms with Crippen LogP contribution >= 0.6 is 0 Å². The van der Waals surface area contributed by atoms with Crippen LogP contribution in [0.4, 0.5) is 5.69 Å². The van der Waals surface area contributed by atoms with Crippen LogP contribution in [0.1, 0.15) is 5.56 Å². The molecule has 74 valence electrons. The van der Waals surface area contributed by atoms with Gasteiger partial charge in [0.05, 0.1) is 5.69 Å². The Morgan fingerprint density at radius 2 is 1.73 bits per heavy atom. The molecular formula is C13H11NO. The molecule has 0 unspecified atom stereocenters. The van der Waals surface area contributed by atoms with Gasteiger partial charge >= 0.3 is 0 Å².